The summed E-state index contributed by atoms with van der Waals surface area (Å²) in [6, 6.07) is 20.8. The van der Waals surface area contributed by atoms with Gasteiger partial charge in [-0.3, -0.25) is 9.59 Å². The summed E-state index contributed by atoms with van der Waals surface area (Å²) in [5.41, 5.74) is 2.42. The molecule has 37 heavy (non-hydrogen) atoms. The normalized spacial score (nSPS) is 11.4. The number of aryl methyl sites for hydroxylation is 1. The Hall–Kier alpha value is -3.16. The van der Waals surface area contributed by atoms with Gasteiger partial charge in [0.2, 0.25) is 5.91 Å². The number of benzene rings is 3. The summed E-state index contributed by atoms with van der Waals surface area (Å²) in [6.45, 7) is 3.20. The number of rotatable bonds is 15. The summed E-state index contributed by atoms with van der Waals surface area (Å²) in [6.07, 6.45) is 3.53. The van der Waals surface area contributed by atoms with E-state index in [4.69, 9.17) is 25.8 Å². The molecular formula is C29H32ClNO5S. The van der Waals surface area contributed by atoms with Crippen molar-refractivity contribution in [2.75, 3.05) is 20.3 Å². The van der Waals surface area contributed by atoms with Crippen molar-refractivity contribution < 1.29 is 23.8 Å². The van der Waals surface area contributed by atoms with Gasteiger partial charge in [0, 0.05) is 7.05 Å². The molecule has 1 unspecified atom stereocenters. The van der Waals surface area contributed by atoms with Crippen LogP contribution in [-0.4, -0.2) is 31.8 Å². The minimum Gasteiger partial charge on any atom is -0.493 e. The SMILES string of the molecule is CCCc1cc(Oc2ccccc2)ccc1OCCCCOc1ccc(C(SC=O)C(=O)NC)cc1Cl. The Bertz CT molecular complexity index is 1160. The highest BCUT2D eigenvalue weighted by Gasteiger charge is 2.21. The quantitative estimate of drug-likeness (QED) is 0.164. The van der Waals surface area contributed by atoms with Crippen LogP contribution < -0.4 is 19.5 Å². The number of carbonyl (C=O) groups is 2. The highest BCUT2D eigenvalue weighted by Crippen LogP contribution is 2.33. The number of thioether (sulfide) groups is 1. The molecule has 3 rings (SSSR count). The van der Waals surface area contributed by atoms with Crippen molar-refractivity contribution in [3.63, 3.8) is 0 Å². The number of hydrogen-bond acceptors (Lipinski definition) is 6. The molecule has 1 atom stereocenters. The molecule has 0 saturated heterocycles. The Labute approximate surface area is 227 Å². The molecule has 0 aromatic heterocycles. The second-order valence-corrected chi connectivity index (χ2v) is 9.60. The van der Waals surface area contributed by atoms with E-state index in [1.54, 1.807) is 18.2 Å². The standard InChI is InChI=1S/C29H32ClNO5S/c1-3-9-21-18-24(36-23-10-5-4-6-11-23)13-15-26(21)34-16-7-8-17-35-27-14-12-22(19-25(27)30)28(37-20-32)29(33)31-2/h4-6,10-15,18-20,28H,3,7-9,16-17H2,1-2H3,(H,31,33). The van der Waals surface area contributed by atoms with E-state index in [0.717, 1.165) is 60.3 Å². The minimum atomic E-state index is -0.650. The second kappa shape index (κ2) is 15.2. The van der Waals surface area contributed by atoms with Crippen LogP contribution in [0.1, 0.15) is 42.6 Å². The maximum atomic E-state index is 12.0. The molecule has 1 N–H and O–H groups in total. The average molecular weight is 542 g/mol. The summed E-state index contributed by atoms with van der Waals surface area (Å²) < 4.78 is 17.8. The van der Waals surface area contributed by atoms with Crippen molar-refractivity contribution in [2.45, 2.75) is 37.9 Å². The molecule has 0 aliphatic rings. The van der Waals surface area contributed by atoms with Gasteiger partial charge in [0.15, 0.2) is 5.62 Å². The topological polar surface area (TPSA) is 73.9 Å². The Morgan fingerprint density at radius 1 is 0.973 bits per heavy atom. The van der Waals surface area contributed by atoms with Gasteiger partial charge in [-0.1, -0.05) is 61.0 Å². The van der Waals surface area contributed by atoms with Gasteiger partial charge in [-0.25, -0.2) is 0 Å². The van der Waals surface area contributed by atoms with Gasteiger partial charge in [-0.2, -0.15) is 0 Å². The first-order chi connectivity index (χ1) is 18.0. The van der Waals surface area contributed by atoms with E-state index in [0.29, 0.717) is 35.2 Å². The maximum Gasteiger partial charge on any atom is 0.237 e. The van der Waals surface area contributed by atoms with E-state index >= 15 is 0 Å². The molecule has 0 radical (unpaired) electrons. The van der Waals surface area contributed by atoms with E-state index in [-0.39, 0.29) is 5.91 Å². The lowest BCUT2D eigenvalue weighted by molar-refractivity contribution is -0.120. The van der Waals surface area contributed by atoms with Crippen molar-refractivity contribution >= 4 is 34.9 Å². The highest BCUT2D eigenvalue weighted by molar-refractivity contribution is 8.12. The number of nitrogens with one attached hydrogen (secondary N) is 1. The van der Waals surface area contributed by atoms with Gasteiger partial charge in [-0.15, -0.1) is 0 Å². The van der Waals surface area contributed by atoms with Crippen molar-refractivity contribution in [3.8, 4) is 23.0 Å². The third-order valence-electron chi connectivity index (χ3n) is 5.52. The van der Waals surface area contributed by atoms with Crippen molar-refractivity contribution in [2.24, 2.45) is 0 Å². The van der Waals surface area contributed by atoms with Crippen LogP contribution in [0.25, 0.3) is 0 Å². The van der Waals surface area contributed by atoms with Crippen LogP contribution in [0.2, 0.25) is 5.02 Å². The van der Waals surface area contributed by atoms with Crippen LogP contribution in [0.5, 0.6) is 23.0 Å². The zero-order valence-corrected chi connectivity index (χ0v) is 22.6. The first-order valence-electron chi connectivity index (χ1n) is 12.3. The smallest absolute Gasteiger partial charge is 0.237 e. The zero-order valence-electron chi connectivity index (χ0n) is 21.1. The molecule has 1 amide bonds. The number of ether oxygens (including phenoxy) is 3. The molecule has 0 heterocycles. The van der Waals surface area contributed by atoms with Crippen molar-refractivity contribution in [1.29, 1.82) is 0 Å². The fraction of sp³-hybridized carbons (Fsp3) is 0.310. The number of para-hydroxylation sites is 1. The van der Waals surface area contributed by atoms with Gasteiger partial charge in [0.1, 0.15) is 28.2 Å². The fourth-order valence-corrected chi connectivity index (χ4v) is 4.59. The number of unbranched alkanes of at least 4 members (excludes halogenated alkanes) is 1. The summed E-state index contributed by atoms with van der Waals surface area (Å²) >= 11 is 7.26. The first kappa shape index (κ1) is 28.4. The van der Waals surface area contributed by atoms with Gasteiger partial charge in [0.05, 0.1) is 18.2 Å². The lowest BCUT2D eigenvalue weighted by Gasteiger charge is -2.15. The third-order valence-corrected chi connectivity index (χ3v) is 6.68. The first-order valence-corrected chi connectivity index (χ1v) is 13.6. The predicted octanol–water partition coefficient (Wildman–Crippen LogP) is 7.03. The van der Waals surface area contributed by atoms with Crippen LogP contribution in [0.4, 0.5) is 0 Å². The number of carbonyl (C=O) groups excluding carboxylic acids is 2. The van der Waals surface area contributed by atoms with Crippen LogP contribution in [0.3, 0.4) is 0 Å². The van der Waals surface area contributed by atoms with Gasteiger partial charge >= 0.3 is 0 Å². The molecule has 3 aromatic rings. The highest BCUT2D eigenvalue weighted by atomic mass is 35.5. The minimum absolute atomic E-state index is 0.262. The molecule has 0 bridgehead atoms. The van der Waals surface area contributed by atoms with E-state index in [1.807, 2.05) is 48.5 Å². The Morgan fingerprint density at radius 2 is 1.68 bits per heavy atom. The second-order valence-electron chi connectivity index (χ2n) is 8.26. The Balaban J connectivity index is 1.47. The largest absolute Gasteiger partial charge is 0.493 e. The van der Waals surface area contributed by atoms with Gasteiger partial charge < -0.3 is 19.5 Å². The number of likely N-dealkylation sites (N-methyl/N-ethyl adjacent to an activating group) is 1. The molecule has 0 spiro atoms. The molecule has 3 aromatic carbocycles. The lowest BCUT2D eigenvalue weighted by atomic mass is 10.1. The summed E-state index contributed by atoms with van der Waals surface area (Å²) in [4.78, 5) is 23.0. The molecule has 8 heteroatoms. The molecule has 0 fully saturated rings. The lowest BCUT2D eigenvalue weighted by Crippen LogP contribution is -2.24. The molecular weight excluding hydrogens is 510 g/mol. The maximum absolute atomic E-state index is 12.0. The molecule has 196 valence electrons. The fourth-order valence-electron chi connectivity index (χ4n) is 3.69. The van der Waals surface area contributed by atoms with Crippen LogP contribution in [0.15, 0.2) is 66.7 Å². The summed E-state index contributed by atoms with van der Waals surface area (Å²) in [5.74, 6) is 2.75. The third kappa shape index (κ3) is 8.72. The summed E-state index contributed by atoms with van der Waals surface area (Å²) in [5, 5.41) is 2.31. The van der Waals surface area contributed by atoms with Crippen LogP contribution in [-0.2, 0) is 16.0 Å². The van der Waals surface area contributed by atoms with Gasteiger partial charge in [0.25, 0.3) is 0 Å². The monoisotopic (exact) mass is 541 g/mol. The Kier molecular flexibility index (Phi) is 11.7. The molecule has 0 saturated carbocycles. The molecule has 0 aliphatic heterocycles. The van der Waals surface area contributed by atoms with E-state index in [9.17, 15) is 9.59 Å². The van der Waals surface area contributed by atoms with E-state index < -0.39 is 5.25 Å². The Morgan fingerprint density at radius 3 is 2.32 bits per heavy atom. The molecule has 0 aliphatic carbocycles. The van der Waals surface area contributed by atoms with E-state index in [1.165, 1.54) is 7.05 Å². The van der Waals surface area contributed by atoms with Crippen molar-refractivity contribution in [1.82, 2.24) is 5.32 Å². The van der Waals surface area contributed by atoms with E-state index in [2.05, 4.69) is 12.2 Å². The average Bonchev–Trinajstić information content (AvgIpc) is 2.91. The van der Waals surface area contributed by atoms with Crippen molar-refractivity contribution in [3.05, 3.63) is 82.9 Å². The van der Waals surface area contributed by atoms with Gasteiger partial charge in [-0.05, 0) is 72.9 Å². The number of hydrogen-bond donors (Lipinski definition) is 1. The number of halogens is 1. The zero-order chi connectivity index (χ0) is 26.5. The van der Waals surface area contributed by atoms with Crippen LogP contribution in [0, 0.1) is 0 Å². The van der Waals surface area contributed by atoms with Crippen LogP contribution >= 0.6 is 23.4 Å². The summed E-state index contributed by atoms with van der Waals surface area (Å²) in [7, 11) is 1.53. The predicted molar refractivity (Wildman–Crippen MR) is 150 cm³/mol. The number of amides is 1. The molecule has 6 nitrogen and oxygen atoms in total.